The van der Waals surface area contributed by atoms with Crippen LogP contribution < -0.4 is 0 Å². The fraction of sp³-hybridized carbons (Fsp3) is 0.722. The molecule has 3 nitrogen and oxygen atoms in total. The maximum atomic E-state index is 12.3. The van der Waals surface area contributed by atoms with Gasteiger partial charge in [0, 0.05) is 12.5 Å². The van der Waals surface area contributed by atoms with Gasteiger partial charge in [-0.25, -0.2) is 0 Å². The van der Waals surface area contributed by atoms with E-state index in [1.54, 1.807) is 0 Å². The lowest BCUT2D eigenvalue weighted by atomic mass is 9.73. The van der Waals surface area contributed by atoms with Gasteiger partial charge < -0.3 is 9.84 Å². The Balaban J connectivity index is 2.11. The van der Waals surface area contributed by atoms with Crippen LogP contribution in [0.15, 0.2) is 23.8 Å². The van der Waals surface area contributed by atoms with Crippen molar-refractivity contribution in [1.29, 1.82) is 0 Å². The van der Waals surface area contributed by atoms with E-state index in [1.807, 2.05) is 33.8 Å². The first-order valence-electron chi connectivity index (χ1n) is 8.05. The summed E-state index contributed by atoms with van der Waals surface area (Å²) in [4.78, 5) is 12.3. The number of carbonyl (C=O) groups excluding carboxylic acids is 1. The van der Waals surface area contributed by atoms with E-state index in [2.05, 4.69) is 12.2 Å². The van der Waals surface area contributed by atoms with Crippen molar-refractivity contribution in [1.82, 2.24) is 0 Å². The molecule has 3 heteroatoms. The summed E-state index contributed by atoms with van der Waals surface area (Å²) >= 11 is 0. The number of esters is 1. The van der Waals surface area contributed by atoms with E-state index in [0.29, 0.717) is 5.92 Å². The molecule has 0 bridgehead atoms. The van der Waals surface area contributed by atoms with Crippen LogP contribution in [0.3, 0.4) is 0 Å². The summed E-state index contributed by atoms with van der Waals surface area (Å²) in [5.74, 6) is 0.612. The van der Waals surface area contributed by atoms with E-state index in [-0.39, 0.29) is 18.5 Å². The highest BCUT2D eigenvalue weighted by atomic mass is 16.6. The maximum Gasteiger partial charge on any atom is 0.312 e. The van der Waals surface area contributed by atoms with Crippen molar-refractivity contribution in [2.24, 2.45) is 17.3 Å². The highest BCUT2D eigenvalue weighted by Crippen LogP contribution is 2.41. The molecular weight excluding hydrogens is 264 g/mol. The summed E-state index contributed by atoms with van der Waals surface area (Å²) in [5, 5.41) is 9.28. The van der Waals surface area contributed by atoms with Crippen LogP contribution in [0.25, 0.3) is 0 Å². The Kier molecular flexibility index (Phi) is 4.62. The van der Waals surface area contributed by atoms with Crippen LogP contribution in [-0.4, -0.2) is 23.3 Å². The molecule has 1 N–H and O–H groups in total. The van der Waals surface area contributed by atoms with Crippen LogP contribution in [-0.2, 0) is 9.53 Å². The summed E-state index contributed by atoms with van der Waals surface area (Å²) in [6.07, 6.45) is 9.98. The summed E-state index contributed by atoms with van der Waals surface area (Å²) < 4.78 is 5.83. The van der Waals surface area contributed by atoms with Gasteiger partial charge in [-0.15, -0.1) is 0 Å². The Morgan fingerprint density at radius 1 is 1.48 bits per heavy atom. The third-order valence-electron chi connectivity index (χ3n) is 5.06. The van der Waals surface area contributed by atoms with Crippen molar-refractivity contribution >= 4 is 5.97 Å². The van der Waals surface area contributed by atoms with Gasteiger partial charge in [0.05, 0.1) is 5.41 Å². The van der Waals surface area contributed by atoms with Crippen LogP contribution >= 0.6 is 0 Å². The van der Waals surface area contributed by atoms with Crippen LogP contribution in [0, 0.1) is 17.3 Å². The fourth-order valence-electron chi connectivity index (χ4n) is 3.03. The van der Waals surface area contributed by atoms with Gasteiger partial charge >= 0.3 is 5.97 Å². The number of aliphatic hydroxyl groups excluding tert-OH is 1. The van der Waals surface area contributed by atoms with Crippen molar-refractivity contribution in [3.63, 3.8) is 0 Å². The first-order chi connectivity index (χ1) is 9.79. The average Bonchev–Trinajstić information content (AvgIpc) is 2.46. The Morgan fingerprint density at radius 2 is 2.19 bits per heavy atom. The molecule has 0 aromatic rings. The second kappa shape index (κ2) is 5.96. The first kappa shape index (κ1) is 16.3. The molecule has 2 aliphatic rings. The zero-order valence-electron chi connectivity index (χ0n) is 13.7. The Morgan fingerprint density at radius 3 is 2.81 bits per heavy atom. The summed E-state index contributed by atoms with van der Waals surface area (Å²) in [6.45, 7) is 8.10. The van der Waals surface area contributed by atoms with Gasteiger partial charge in [0.1, 0.15) is 5.60 Å². The number of allylic oxidation sites excluding steroid dienone is 2. The summed E-state index contributed by atoms with van der Waals surface area (Å²) in [6, 6.07) is 0. The number of ether oxygens (including phenoxy) is 1. The Bertz CT molecular complexity index is 461. The van der Waals surface area contributed by atoms with E-state index < -0.39 is 11.0 Å². The van der Waals surface area contributed by atoms with Crippen molar-refractivity contribution in [3.05, 3.63) is 23.8 Å². The van der Waals surface area contributed by atoms with Crippen LogP contribution in [0.5, 0.6) is 0 Å². The van der Waals surface area contributed by atoms with E-state index in [9.17, 15) is 9.90 Å². The second-order valence-corrected chi connectivity index (χ2v) is 7.36. The van der Waals surface area contributed by atoms with Crippen molar-refractivity contribution in [3.8, 4) is 0 Å². The van der Waals surface area contributed by atoms with E-state index in [0.717, 1.165) is 25.7 Å². The third-order valence-corrected chi connectivity index (χ3v) is 5.06. The second-order valence-electron chi connectivity index (χ2n) is 7.36. The molecule has 0 saturated carbocycles. The number of rotatable bonds is 4. The maximum absolute atomic E-state index is 12.3. The zero-order chi connectivity index (χ0) is 15.7. The van der Waals surface area contributed by atoms with Gasteiger partial charge in [0.15, 0.2) is 0 Å². The van der Waals surface area contributed by atoms with Gasteiger partial charge in [-0.3, -0.25) is 4.79 Å². The van der Waals surface area contributed by atoms with Gasteiger partial charge in [-0.05, 0) is 64.0 Å². The van der Waals surface area contributed by atoms with Gasteiger partial charge in [0.2, 0.25) is 0 Å². The van der Waals surface area contributed by atoms with Gasteiger partial charge in [-0.1, -0.05) is 19.1 Å². The molecule has 0 unspecified atom stereocenters. The molecule has 118 valence electrons. The van der Waals surface area contributed by atoms with Crippen LogP contribution in [0.2, 0.25) is 0 Å². The minimum Gasteiger partial charge on any atom is -0.455 e. The SMILES string of the molecule is CCC(C)(C)C(=O)O[C@]1(C)C=CC2=C[C@@H](CO)CC[C@@H]2C1. The predicted molar refractivity (Wildman–Crippen MR) is 83.7 cm³/mol. The Labute approximate surface area is 128 Å². The lowest BCUT2D eigenvalue weighted by Crippen LogP contribution is -2.40. The number of fused-ring (bicyclic) bond motifs is 1. The van der Waals surface area contributed by atoms with E-state index >= 15 is 0 Å². The molecule has 3 atom stereocenters. The minimum atomic E-state index is -0.502. The van der Waals surface area contributed by atoms with Gasteiger partial charge in [-0.2, -0.15) is 0 Å². The molecule has 2 aliphatic carbocycles. The normalized spacial score (nSPS) is 32.3. The third kappa shape index (κ3) is 3.57. The van der Waals surface area contributed by atoms with Crippen molar-refractivity contribution < 1.29 is 14.6 Å². The number of carbonyl (C=O) groups is 1. The molecule has 0 aromatic heterocycles. The average molecular weight is 292 g/mol. The molecule has 0 heterocycles. The van der Waals surface area contributed by atoms with Crippen molar-refractivity contribution in [2.45, 2.75) is 59.0 Å². The fourth-order valence-corrected chi connectivity index (χ4v) is 3.03. The monoisotopic (exact) mass is 292 g/mol. The number of hydrogen-bond donors (Lipinski definition) is 1. The minimum absolute atomic E-state index is 0.117. The first-order valence-corrected chi connectivity index (χ1v) is 8.05. The molecule has 0 spiro atoms. The molecule has 21 heavy (non-hydrogen) atoms. The molecule has 0 aromatic carbocycles. The topological polar surface area (TPSA) is 46.5 Å². The standard InChI is InChI=1S/C18H28O3/c1-5-17(2,3)16(20)21-18(4)9-8-14-10-13(12-19)6-7-15(14)11-18/h8-10,13,15,19H,5-7,11-12H2,1-4H3/t13-,15+,18+/m0/s1. The van der Waals surface area contributed by atoms with Crippen molar-refractivity contribution in [2.75, 3.05) is 6.61 Å². The van der Waals surface area contributed by atoms with E-state index in [4.69, 9.17) is 4.74 Å². The number of hydrogen-bond acceptors (Lipinski definition) is 3. The predicted octanol–water partition coefficient (Wildman–Crippen LogP) is 3.63. The largest absolute Gasteiger partial charge is 0.455 e. The quantitative estimate of drug-likeness (QED) is 0.805. The number of aliphatic hydroxyl groups is 1. The summed E-state index contributed by atoms with van der Waals surface area (Å²) in [5.41, 5.74) is 0.364. The van der Waals surface area contributed by atoms with Crippen LogP contribution in [0.1, 0.15) is 53.4 Å². The van der Waals surface area contributed by atoms with E-state index in [1.165, 1.54) is 5.57 Å². The summed E-state index contributed by atoms with van der Waals surface area (Å²) in [7, 11) is 0. The molecule has 0 radical (unpaired) electrons. The highest BCUT2D eigenvalue weighted by Gasteiger charge is 2.39. The zero-order valence-corrected chi connectivity index (χ0v) is 13.7. The highest BCUT2D eigenvalue weighted by molar-refractivity contribution is 5.76. The molecule has 0 saturated heterocycles. The lowest BCUT2D eigenvalue weighted by molar-refractivity contribution is -0.166. The molecule has 2 rings (SSSR count). The molecule has 0 fully saturated rings. The molecule has 0 aliphatic heterocycles. The molecular formula is C18H28O3. The Hall–Kier alpha value is -1.09. The smallest absolute Gasteiger partial charge is 0.312 e. The molecule has 0 amide bonds. The van der Waals surface area contributed by atoms with Gasteiger partial charge in [0.25, 0.3) is 0 Å². The lowest BCUT2D eigenvalue weighted by Gasteiger charge is -2.39. The van der Waals surface area contributed by atoms with Crippen LogP contribution in [0.4, 0.5) is 0 Å².